The smallest absolute Gasteiger partial charge is 0.220 e. The van der Waals surface area contributed by atoms with Crippen molar-refractivity contribution in [1.82, 2.24) is 15.5 Å². The van der Waals surface area contributed by atoms with Crippen LogP contribution in [-0.4, -0.2) is 49.1 Å². The highest BCUT2D eigenvalue weighted by Crippen LogP contribution is 2.29. The number of hydrogen-bond donors (Lipinski definition) is 2. The minimum atomic E-state index is 0. The number of rotatable bonds is 4. The van der Waals surface area contributed by atoms with Gasteiger partial charge in [-0.05, 0) is 57.5 Å². The van der Waals surface area contributed by atoms with Gasteiger partial charge in [-0.15, -0.1) is 24.8 Å². The third-order valence-electron chi connectivity index (χ3n) is 4.89. The van der Waals surface area contributed by atoms with Crippen molar-refractivity contribution < 1.29 is 4.79 Å². The molecule has 2 heterocycles. The Balaban J connectivity index is 0.00000110. The van der Waals surface area contributed by atoms with Crippen LogP contribution in [-0.2, 0) is 4.79 Å². The third kappa shape index (κ3) is 5.93. The van der Waals surface area contributed by atoms with Gasteiger partial charge in [-0.25, -0.2) is 0 Å². The molecule has 3 rings (SSSR count). The number of halogens is 2. The van der Waals surface area contributed by atoms with E-state index in [0.29, 0.717) is 12.0 Å². The van der Waals surface area contributed by atoms with E-state index in [1.165, 1.54) is 25.9 Å². The standard InChI is InChI=1S/C15H27N3O.2ClH/c19-15(11-12-3-7-16-8-4-12)17-13-5-9-18(10-6-13)14-1-2-14;;/h12-14,16H,1-11H2,(H,17,19);2*1H. The van der Waals surface area contributed by atoms with Crippen LogP contribution in [0.1, 0.15) is 44.9 Å². The average molecular weight is 338 g/mol. The van der Waals surface area contributed by atoms with Crippen LogP contribution < -0.4 is 10.6 Å². The first-order valence-electron chi connectivity index (χ1n) is 8.05. The lowest BCUT2D eigenvalue weighted by Crippen LogP contribution is -2.45. The summed E-state index contributed by atoms with van der Waals surface area (Å²) in [4.78, 5) is 14.7. The van der Waals surface area contributed by atoms with Crippen LogP contribution in [0.15, 0.2) is 0 Å². The fourth-order valence-corrected chi connectivity index (χ4v) is 3.48. The van der Waals surface area contributed by atoms with Crippen LogP contribution in [0.2, 0.25) is 0 Å². The molecule has 1 aliphatic carbocycles. The first kappa shape index (κ1) is 19.0. The summed E-state index contributed by atoms with van der Waals surface area (Å²) in [6.45, 7) is 4.53. The van der Waals surface area contributed by atoms with Crippen LogP contribution in [0, 0.1) is 5.92 Å². The SMILES string of the molecule is Cl.Cl.O=C(CC1CCNCC1)NC1CCN(C2CC2)CC1. The van der Waals surface area contributed by atoms with Gasteiger partial charge in [-0.1, -0.05) is 0 Å². The van der Waals surface area contributed by atoms with Crippen molar-refractivity contribution >= 4 is 30.7 Å². The van der Waals surface area contributed by atoms with Crippen molar-refractivity contribution in [3.63, 3.8) is 0 Å². The van der Waals surface area contributed by atoms with Gasteiger partial charge in [0.1, 0.15) is 0 Å². The molecule has 0 aromatic rings. The molecule has 21 heavy (non-hydrogen) atoms. The van der Waals surface area contributed by atoms with Crippen molar-refractivity contribution in [1.29, 1.82) is 0 Å². The van der Waals surface area contributed by atoms with Crippen LogP contribution in [0.5, 0.6) is 0 Å². The molecule has 1 saturated carbocycles. The zero-order valence-corrected chi connectivity index (χ0v) is 14.3. The highest BCUT2D eigenvalue weighted by Gasteiger charge is 2.32. The van der Waals surface area contributed by atoms with Gasteiger partial charge >= 0.3 is 0 Å². The maximum atomic E-state index is 12.1. The molecule has 0 atom stereocenters. The quantitative estimate of drug-likeness (QED) is 0.824. The van der Waals surface area contributed by atoms with Crippen LogP contribution in [0.3, 0.4) is 0 Å². The molecule has 0 radical (unpaired) electrons. The second-order valence-electron chi connectivity index (χ2n) is 6.51. The van der Waals surface area contributed by atoms with E-state index in [0.717, 1.165) is 51.2 Å². The Morgan fingerprint density at radius 2 is 1.62 bits per heavy atom. The third-order valence-corrected chi connectivity index (χ3v) is 4.89. The van der Waals surface area contributed by atoms with E-state index < -0.39 is 0 Å². The van der Waals surface area contributed by atoms with Crippen LogP contribution in [0.4, 0.5) is 0 Å². The maximum Gasteiger partial charge on any atom is 0.220 e. The summed E-state index contributed by atoms with van der Waals surface area (Å²) in [5.74, 6) is 0.893. The van der Waals surface area contributed by atoms with E-state index in [1.54, 1.807) is 0 Å². The Labute approximate surface area is 140 Å². The predicted octanol–water partition coefficient (Wildman–Crippen LogP) is 1.96. The number of carbonyl (C=O) groups excluding carboxylic acids is 1. The van der Waals surface area contributed by atoms with Gasteiger partial charge < -0.3 is 15.5 Å². The lowest BCUT2D eigenvalue weighted by atomic mass is 9.94. The molecular weight excluding hydrogens is 309 g/mol. The minimum absolute atomic E-state index is 0. The molecule has 3 aliphatic rings. The van der Waals surface area contributed by atoms with Crippen LogP contribution in [0.25, 0.3) is 0 Å². The Kier molecular flexibility index (Phi) is 8.32. The second kappa shape index (κ2) is 9.19. The summed E-state index contributed by atoms with van der Waals surface area (Å²) < 4.78 is 0. The highest BCUT2D eigenvalue weighted by molar-refractivity contribution is 5.85. The summed E-state index contributed by atoms with van der Waals surface area (Å²) in [6.07, 6.45) is 8.15. The summed E-state index contributed by atoms with van der Waals surface area (Å²) in [6, 6.07) is 1.32. The van der Waals surface area contributed by atoms with Gasteiger partial charge in [0.25, 0.3) is 0 Å². The van der Waals surface area contributed by atoms with E-state index in [1.807, 2.05) is 0 Å². The lowest BCUT2D eigenvalue weighted by Gasteiger charge is -2.32. The van der Waals surface area contributed by atoms with E-state index in [4.69, 9.17) is 0 Å². The number of piperidine rings is 2. The summed E-state index contributed by atoms with van der Waals surface area (Å²) >= 11 is 0. The number of nitrogens with zero attached hydrogens (tertiary/aromatic N) is 1. The van der Waals surface area contributed by atoms with Gasteiger partial charge in [-0.3, -0.25) is 4.79 Å². The summed E-state index contributed by atoms with van der Waals surface area (Å²) in [5, 5.41) is 6.61. The topological polar surface area (TPSA) is 44.4 Å². The fraction of sp³-hybridized carbons (Fsp3) is 0.933. The first-order chi connectivity index (χ1) is 9.31. The molecule has 124 valence electrons. The highest BCUT2D eigenvalue weighted by atomic mass is 35.5. The Morgan fingerprint density at radius 3 is 2.19 bits per heavy atom. The molecule has 0 bridgehead atoms. The summed E-state index contributed by atoms with van der Waals surface area (Å²) in [5.41, 5.74) is 0. The number of likely N-dealkylation sites (tertiary alicyclic amines) is 1. The van der Waals surface area contributed by atoms with Gasteiger partial charge in [0, 0.05) is 31.6 Å². The molecule has 0 aromatic carbocycles. The van der Waals surface area contributed by atoms with E-state index in [9.17, 15) is 4.79 Å². The van der Waals surface area contributed by atoms with Crippen molar-refractivity contribution in [2.24, 2.45) is 5.92 Å². The normalized spacial score (nSPS) is 24.8. The minimum Gasteiger partial charge on any atom is -0.353 e. The molecule has 6 heteroatoms. The lowest BCUT2D eigenvalue weighted by molar-refractivity contribution is -0.123. The Hall–Kier alpha value is -0.0300. The molecule has 0 spiro atoms. The van der Waals surface area contributed by atoms with Crippen LogP contribution >= 0.6 is 24.8 Å². The summed E-state index contributed by atoms with van der Waals surface area (Å²) in [7, 11) is 0. The van der Waals surface area contributed by atoms with E-state index >= 15 is 0 Å². The van der Waals surface area contributed by atoms with Crippen molar-refractivity contribution in [2.75, 3.05) is 26.2 Å². The van der Waals surface area contributed by atoms with Gasteiger partial charge in [-0.2, -0.15) is 0 Å². The van der Waals surface area contributed by atoms with Gasteiger partial charge in [0.15, 0.2) is 0 Å². The van der Waals surface area contributed by atoms with Gasteiger partial charge in [0.05, 0.1) is 0 Å². The number of nitrogens with one attached hydrogen (secondary N) is 2. The Bertz CT molecular complexity index is 312. The molecule has 2 saturated heterocycles. The van der Waals surface area contributed by atoms with Gasteiger partial charge in [0.2, 0.25) is 5.91 Å². The van der Waals surface area contributed by atoms with E-state index in [2.05, 4.69) is 15.5 Å². The first-order valence-corrected chi connectivity index (χ1v) is 8.05. The number of carbonyl (C=O) groups is 1. The molecular formula is C15H29Cl2N3O. The predicted molar refractivity (Wildman–Crippen MR) is 90.5 cm³/mol. The number of amides is 1. The second-order valence-corrected chi connectivity index (χ2v) is 6.51. The van der Waals surface area contributed by atoms with Crippen molar-refractivity contribution in [2.45, 2.75) is 57.0 Å². The maximum absolute atomic E-state index is 12.1. The van der Waals surface area contributed by atoms with Crippen molar-refractivity contribution in [3.8, 4) is 0 Å². The zero-order valence-electron chi connectivity index (χ0n) is 12.7. The van der Waals surface area contributed by atoms with E-state index in [-0.39, 0.29) is 30.7 Å². The molecule has 0 aromatic heterocycles. The average Bonchev–Trinajstić information content (AvgIpc) is 3.25. The Morgan fingerprint density at radius 1 is 1.00 bits per heavy atom. The molecule has 3 fully saturated rings. The molecule has 4 nitrogen and oxygen atoms in total. The molecule has 2 aliphatic heterocycles. The monoisotopic (exact) mass is 337 g/mol. The zero-order chi connectivity index (χ0) is 13.1. The largest absolute Gasteiger partial charge is 0.353 e. The molecule has 2 N–H and O–H groups in total. The number of hydrogen-bond acceptors (Lipinski definition) is 3. The molecule has 0 unspecified atom stereocenters. The fourth-order valence-electron chi connectivity index (χ4n) is 3.48. The molecule has 1 amide bonds. The van der Waals surface area contributed by atoms with Crippen molar-refractivity contribution in [3.05, 3.63) is 0 Å².